The molecule has 1 heterocycles. The molecular formula is C20H16F3N3O2S. The highest BCUT2D eigenvalue weighted by Gasteiger charge is 2.30. The Bertz CT molecular complexity index is 1000. The molecule has 29 heavy (non-hydrogen) atoms. The fourth-order valence-electron chi connectivity index (χ4n) is 2.52. The van der Waals surface area contributed by atoms with Crippen LogP contribution in [0, 0.1) is 0 Å². The van der Waals surface area contributed by atoms with E-state index in [9.17, 15) is 18.0 Å². The normalized spacial score (nSPS) is 11.0. The van der Waals surface area contributed by atoms with Crippen molar-refractivity contribution in [3.8, 4) is 0 Å². The van der Waals surface area contributed by atoms with Crippen molar-refractivity contribution in [3.63, 3.8) is 0 Å². The van der Waals surface area contributed by atoms with Crippen LogP contribution >= 0.6 is 12.2 Å². The Balaban J connectivity index is 1.67. The van der Waals surface area contributed by atoms with Gasteiger partial charge in [0.2, 0.25) is 0 Å². The third-order valence-corrected chi connectivity index (χ3v) is 4.08. The van der Waals surface area contributed by atoms with Gasteiger partial charge in [0.05, 0.1) is 29.6 Å². The van der Waals surface area contributed by atoms with Crippen molar-refractivity contribution in [1.82, 2.24) is 5.32 Å². The lowest BCUT2D eigenvalue weighted by molar-refractivity contribution is -0.137. The molecule has 0 bridgehead atoms. The van der Waals surface area contributed by atoms with Crippen LogP contribution in [0.5, 0.6) is 0 Å². The van der Waals surface area contributed by atoms with Gasteiger partial charge in [-0.2, -0.15) is 13.2 Å². The van der Waals surface area contributed by atoms with Gasteiger partial charge in [-0.25, -0.2) is 0 Å². The van der Waals surface area contributed by atoms with E-state index in [1.165, 1.54) is 18.4 Å². The number of hydrogen-bond donors (Lipinski definition) is 3. The first-order valence-electron chi connectivity index (χ1n) is 8.48. The predicted molar refractivity (Wildman–Crippen MR) is 108 cm³/mol. The molecule has 0 radical (unpaired) electrons. The van der Waals surface area contributed by atoms with Crippen LogP contribution in [0.3, 0.4) is 0 Å². The number of hydrogen-bond acceptors (Lipinski definition) is 3. The highest BCUT2D eigenvalue weighted by molar-refractivity contribution is 7.80. The number of para-hydroxylation sites is 1. The maximum Gasteiger partial charge on any atom is 0.416 e. The van der Waals surface area contributed by atoms with Gasteiger partial charge in [-0.1, -0.05) is 18.2 Å². The van der Waals surface area contributed by atoms with Gasteiger partial charge in [-0.3, -0.25) is 4.79 Å². The van der Waals surface area contributed by atoms with E-state index < -0.39 is 11.7 Å². The molecule has 5 nitrogen and oxygen atoms in total. The average Bonchev–Trinajstić information content (AvgIpc) is 3.19. The average molecular weight is 419 g/mol. The zero-order chi connectivity index (χ0) is 20.9. The van der Waals surface area contributed by atoms with Gasteiger partial charge in [-0.15, -0.1) is 0 Å². The number of benzene rings is 2. The summed E-state index contributed by atoms with van der Waals surface area (Å²) in [5, 5.41) is 8.32. The second kappa shape index (κ2) is 8.78. The first kappa shape index (κ1) is 20.4. The van der Waals surface area contributed by atoms with Crippen LogP contribution in [0.1, 0.15) is 21.7 Å². The summed E-state index contributed by atoms with van der Waals surface area (Å²) in [4.78, 5) is 12.5. The lowest BCUT2D eigenvalue weighted by Crippen LogP contribution is -2.26. The van der Waals surface area contributed by atoms with E-state index in [4.69, 9.17) is 16.6 Å². The molecule has 3 N–H and O–H groups in total. The molecule has 0 unspecified atom stereocenters. The molecule has 9 heteroatoms. The number of halogens is 3. The van der Waals surface area contributed by atoms with E-state index in [0.29, 0.717) is 17.0 Å². The number of rotatable bonds is 5. The van der Waals surface area contributed by atoms with Gasteiger partial charge in [0, 0.05) is 5.69 Å². The Labute approximate surface area is 169 Å². The van der Waals surface area contributed by atoms with E-state index in [1.54, 1.807) is 36.4 Å². The van der Waals surface area contributed by atoms with Gasteiger partial charge in [0.25, 0.3) is 5.91 Å². The third kappa shape index (κ3) is 5.58. The Morgan fingerprint density at radius 3 is 2.52 bits per heavy atom. The molecule has 0 saturated heterocycles. The number of thiocarbonyl (C=S) groups is 1. The Hall–Kier alpha value is -3.33. The second-order valence-electron chi connectivity index (χ2n) is 5.97. The van der Waals surface area contributed by atoms with Crippen LogP contribution in [0.15, 0.2) is 71.3 Å². The smallest absolute Gasteiger partial charge is 0.416 e. The fourth-order valence-corrected chi connectivity index (χ4v) is 2.75. The summed E-state index contributed by atoms with van der Waals surface area (Å²) in [5.74, 6) is 0.247. The highest BCUT2D eigenvalue weighted by Crippen LogP contribution is 2.30. The van der Waals surface area contributed by atoms with Gasteiger partial charge in [0.15, 0.2) is 5.11 Å². The van der Waals surface area contributed by atoms with Crippen LogP contribution in [-0.4, -0.2) is 11.0 Å². The molecule has 0 aliphatic heterocycles. The van der Waals surface area contributed by atoms with E-state index in [2.05, 4.69) is 16.0 Å². The molecule has 1 amide bonds. The van der Waals surface area contributed by atoms with Gasteiger partial charge in [0.1, 0.15) is 5.76 Å². The van der Waals surface area contributed by atoms with Crippen molar-refractivity contribution in [3.05, 3.63) is 83.8 Å². The maximum absolute atomic E-state index is 12.8. The predicted octanol–water partition coefficient (Wildman–Crippen LogP) is 5.04. The van der Waals surface area contributed by atoms with Gasteiger partial charge < -0.3 is 20.4 Å². The SMILES string of the molecule is O=C(NCc1ccco1)c1ccccc1NC(=S)Nc1cccc(C(F)(F)F)c1. The molecule has 1 aromatic heterocycles. The van der Waals surface area contributed by atoms with Crippen LogP contribution in [0.4, 0.5) is 24.5 Å². The van der Waals surface area contributed by atoms with Crippen molar-refractivity contribution in [2.45, 2.75) is 12.7 Å². The lowest BCUT2D eigenvalue weighted by atomic mass is 10.1. The molecule has 0 aliphatic rings. The van der Waals surface area contributed by atoms with Crippen molar-refractivity contribution in [2.75, 3.05) is 10.6 Å². The molecule has 0 spiro atoms. The third-order valence-electron chi connectivity index (χ3n) is 3.87. The number of furan rings is 1. The topological polar surface area (TPSA) is 66.3 Å². The van der Waals surface area contributed by atoms with Crippen molar-refractivity contribution in [2.24, 2.45) is 0 Å². The second-order valence-corrected chi connectivity index (χ2v) is 6.37. The monoisotopic (exact) mass is 419 g/mol. The highest BCUT2D eigenvalue weighted by atomic mass is 32.1. The minimum absolute atomic E-state index is 0.0515. The van der Waals surface area contributed by atoms with Crippen molar-refractivity contribution < 1.29 is 22.4 Å². The standard InChI is InChI=1S/C20H16F3N3O2S/c21-20(22,23)13-5-3-6-14(11-13)25-19(29)26-17-9-2-1-8-16(17)18(27)24-12-15-7-4-10-28-15/h1-11H,12H2,(H,24,27)(H2,25,26,29). The van der Waals surface area contributed by atoms with Crippen LogP contribution in [-0.2, 0) is 12.7 Å². The van der Waals surface area contributed by atoms with Crippen molar-refractivity contribution in [1.29, 1.82) is 0 Å². The molecule has 150 valence electrons. The first-order valence-corrected chi connectivity index (χ1v) is 8.88. The number of carbonyl (C=O) groups excluding carboxylic acids is 1. The summed E-state index contributed by atoms with van der Waals surface area (Å²) in [5.41, 5.74) is 0.126. The van der Waals surface area contributed by atoms with E-state index >= 15 is 0 Å². The largest absolute Gasteiger partial charge is 0.467 e. The maximum atomic E-state index is 12.8. The molecule has 0 aliphatic carbocycles. The zero-order valence-corrected chi connectivity index (χ0v) is 15.7. The van der Waals surface area contributed by atoms with Crippen molar-refractivity contribution >= 4 is 34.6 Å². The number of alkyl halides is 3. The molecule has 0 fully saturated rings. The van der Waals surface area contributed by atoms with Crippen LogP contribution < -0.4 is 16.0 Å². The molecule has 0 atom stereocenters. The van der Waals surface area contributed by atoms with Gasteiger partial charge in [-0.05, 0) is 54.7 Å². The number of carbonyl (C=O) groups is 1. The summed E-state index contributed by atoms with van der Waals surface area (Å²) in [6, 6.07) is 14.8. The molecule has 3 aromatic rings. The summed E-state index contributed by atoms with van der Waals surface area (Å²) in [6.45, 7) is 0.215. The van der Waals surface area contributed by atoms with E-state index in [-0.39, 0.29) is 23.3 Å². The summed E-state index contributed by atoms with van der Waals surface area (Å²) in [7, 11) is 0. The van der Waals surface area contributed by atoms with E-state index in [1.807, 2.05) is 0 Å². The lowest BCUT2D eigenvalue weighted by Gasteiger charge is -2.15. The molecular weight excluding hydrogens is 403 g/mol. The first-order chi connectivity index (χ1) is 13.8. The molecule has 0 saturated carbocycles. The van der Waals surface area contributed by atoms with Crippen LogP contribution in [0.2, 0.25) is 0 Å². The Morgan fingerprint density at radius 1 is 1.00 bits per heavy atom. The fraction of sp³-hybridized carbons (Fsp3) is 0.100. The number of anilines is 2. The number of nitrogens with one attached hydrogen (secondary N) is 3. The van der Waals surface area contributed by atoms with E-state index in [0.717, 1.165) is 12.1 Å². The number of amides is 1. The van der Waals surface area contributed by atoms with Crippen LogP contribution in [0.25, 0.3) is 0 Å². The summed E-state index contributed by atoms with van der Waals surface area (Å²) < 4.78 is 43.7. The molecule has 3 rings (SSSR count). The molecule has 2 aromatic carbocycles. The zero-order valence-electron chi connectivity index (χ0n) is 14.9. The quantitative estimate of drug-likeness (QED) is 0.506. The Kier molecular flexibility index (Phi) is 6.18. The Morgan fingerprint density at radius 2 is 1.79 bits per heavy atom. The minimum Gasteiger partial charge on any atom is -0.467 e. The summed E-state index contributed by atoms with van der Waals surface area (Å²) >= 11 is 5.18. The summed E-state index contributed by atoms with van der Waals surface area (Å²) in [6.07, 6.45) is -2.94. The minimum atomic E-state index is -4.45. The van der Waals surface area contributed by atoms with Gasteiger partial charge >= 0.3 is 6.18 Å².